The number of fused-ring (bicyclic) bond motifs is 5. The summed E-state index contributed by atoms with van der Waals surface area (Å²) in [5, 5.41) is 2.96. The lowest BCUT2D eigenvalue weighted by Crippen LogP contribution is -2.42. The molecule has 4 nitrogen and oxygen atoms in total. The van der Waals surface area contributed by atoms with Crippen LogP contribution in [0.1, 0.15) is 73.8 Å². The Morgan fingerprint density at radius 1 is 1.22 bits per heavy atom. The fraction of sp³-hybridized carbons (Fsp3) is 0.536. The molecule has 5 rings (SSSR count). The highest BCUT2D eigenvalue weighted by molar-refractivity contribution is 5.90. The number of hydrogen-bond donors (Lipinski definition) is 1. The molecule has 1 amide bonds. The van der Waals surface area contributed by atoms with Gasteiger partial charge in [-0.25, -0.2) is 0 Å². The molecule has 3 aliphatic carbocycles. The summed E-state index contributed by atoms with van der Waals surface area (Å²) < 4.78 is 0. The number of carbonyl (C=O) groups is 2. The molecule has 0 bridgehead atoms. The molecule has 1 aromatic heterocycles. The monoisotopic (exact) mass is 430 g/mol. The number of nitrogens with zero attached hydrogens (tertiary/aromatic N) is 1. The highest BCUT2D eigenvalue weighted by atomic mass is 16.1. The topological polar surface area (TPSA) is 59.1 Å². The van der Waals surface area contributed by atoms with Crippen LogP contribution in [0.4, 0.5) is 0 Å². The lowest BCUT2D eigenvalue weighted by atomic mass is 9.55. The molecule has 2 fully saturated rings. The van der Waals surface area contributed by atoms with Crippen LogP contribution >= 0.6 is 0 Å². The van der Waals surface area contributed by atoms with Crippen molar-refractivity contribution in [3.05, 3.63) is 65.0 Å². The van der Waals surface area contributed by atoms with Crippen LogP contribution in [0.3, 0.4) is 0 Å². The summed E-state index contributed by atoms with van der Waals surface area (Å²) in [5.41, 5.74) is 5.08. The standard InChI is InChI=1S/C28H34N2O2/c1-18-6-9-22-19(15-18)7-10-24-23(22)12-13-28(2)25(24)16-20(27(28)32)8-11-26(31)30-17-21-5-3-4-14-29-21/h3-6,9,14-15,20,23-25H,7-8,10-13,16-17H2,1-2H3,(H,30,31)/t20?,23?,24?,25?,28-/m0/s1. The summed E-state index contributed by atoms with van der Waals surface area (Å²) in [4.78, 5) is 30.1. The molecule has 2 saturated carbocycles. The van der Waals surface area contributed by atoms with Gasteiger partial charge in [0.25, 0.3) is 0 Å². The predicted octanol–water partition coefficient (Wildman–Crippen LogP) is 5.14. The van der Waals surface area contributed by atoms with Gasteiger partial charge in [0.2, 0.25) is 5.91 Å². The molecule has 0 radical (unpaired) electrons. The number of aromatic nitrogens is 1. The second kappa shape index (κ2) is 8.46. The van der Waals surface area contributed by atoms with E-state index in [2.05, 4.69) is 42.3 Å². The molecule has 0 saturated heterocycles. The number of rotatable bonds is 5. The minimum atomic E-state index is -0.196. The second-order valence-corrected chi connectivity index (χ2v) is 10.5. The van der Waals surface area contributed by atoms with Crippen LogP contribution in [0.2, 0.25) is 0 Å². The molecule has 1 N–H and O–H groups in total. The number of amides is 1. The quantitative estimate of drug-likeness (QED) is 0.715. The van der Waals surface area contributed by atoms with Crippen LogP contribution in [0.5, 0.6) is 0 Å². The molecule has 5 atom stereocenters. The molecule has 0 spiro atoms. The molecular formula is C28H34N2O2. The zero-order valence-corrected chi connectivity index (χ0v) is 19.3. The number of ketones is 1. The van der Waals surface area contributed by atoms with E-state index in [-0.39, 0.29) is 17.2 Å². The van der Waals surface area contributed by atoms with Gasteiger partial charge in [0.05, 0.1) is 12.2 Å². The van der Waals surface area contributed by atoms with Gasteiger partial charge in [0, 0.05) is 24.0 Å². The van der Waals surface area contributed by atoms with Gasteiger partial charge in [-0.2, -0.15) is 0 Å². The Kier molecular flexibility index (Phi) is 5.65. The molecule has 2 aromatic rings. The Morgan fingerprint density at radius 2 is 2.09 bits per heavy atom. The van der Waals surface area contributed by atoms with Gasteiger partial charge in [-0.3, -0.25) is 14.6 Å². The van der Waals surface area contributed by atoms with Gasteiger partial charge in [0.15, 0.2) is 0 Å². The second-order valence-electron chi connectivity index (χ2n) is 10.5. The van der Waals surface area contributed by atoms with E-state index < -0.39 is 0 Å². The van der Waals surface area contributed by atoms with E-state index in [1.165, 1.54) is 17.5 Å². The van der Waals surface area contributed by atoms with Crippen molar-refractivity contribution in [3.8, 4) is 0 Å². The van der Waals surface area contributed by atoms with Gasteiger partial charge >= 0.3 is 0 Å². The summed E-state index contributed by atoms with van der Waals surface area (Å²) in [6.45, 7) is 4.85. The summed E-state index contributed by atoms with van der Waals surface area (Å²) in [6, 6.07) is 12.7. The maximum atomic E-state index is 13.5. The van der Waals surface area contributed by atoms with Crippen LogP contribution in [0, 0.1) is 30.1 Å². The molecule has 1 aromatic carbocycles. The van der Waals surface area contributed by atoms with E-state index in [1.54, 1.807) is 11.8 Å². The fourth-order valence-corrected chi connectivity index (χ4v) is 6.99. The number of Topliss-reactive ketones (excluding diaryl/α,β-unsaturated/α-hetero) is 1. The molecule has 3 aliphatic rings. The van der Waals surface area contributed by atoms with Crippen molar-refractivity contribution in [3.63, 3.8) is 0 Å². The molecule has 4 unspecified atom stereocenters. The Bertz CT molecular complexity index is 1020. The van der Waals surface area contributed by atoms with Crippen molar-refractivity contribution < 1.29 is 9.59 Å². The van der Waals surface area contributed by atoms with Crippen LogP contribution in [0.15, 0.2) is 42.6 Å². The average Bonchev–Trinajstić information content (AvgIpc) is 3.07. The maximum Gasteiger partial charge on any atom is 0.220 e. The molecular weight excluding hydrogens is 396 g/mol. The smallest absolute Gasteiger partial charge is 0.220 e. The van der Waals surface area contributed by atoms with Crippen molar-refractivity contribution >= 4 is 11.7 Å². The van der Waals surface area contributed by atoms with E-state index in [4.69, 9.17) is 0 Å². The summed E-state index contributed by atoms with van der Waals surface area (Å²) in [5.74, 6) is 2.14. The van der Waals surface area contributed by atoms with Gasteiger partial charge < -0.3 is 5.32 Å². The third kappa shape index (κ3) is 3.78. The Balaban J connectivity index is 1.23. The first-order valence-electron chi connectivity index (χ1n) is 12.3. The first-order chi connectivity index (χ1) is 15.5. The van der Waals surface area contributed by atoms with E-state index >= 15 is 0 Å². The number of carbonyl (C=O) groups excluding carboxylic acids is 2. The highest BCUT2D eigenvalue weighted by Crippen LogP contribution is 2.61. The Morgan fingerprint density at radius 3 is 2.91 bits per heavy atom. The van der Waals surface area contributed by atoms with Crippen molar-refractivity contribution in [2.75, 3.05) is 0 Å². The van der Waals surface area contributed by atoms with Crippen LogP contribution in [-0.2, 0) is 22.6 Å². The van der Waals surface area contributed by atoms with Gasteiger partial charge in [0.1, 0.15) is 5.78 Å². The summed E-state index contributed by atoms with van der Waals surface area (Å²) in [6.07, 6.45) is 8.24. The van der Waals surface area contributed by atoms with Crippen LogP contribution in [-0.4, -0.2) is 16.7 Å². The molecule has 0 aliphatic heterocycles. The number of benzene rings is 1. The number of nitrogens with one attached hydrogen (secondary N) is 1. The van der Waals surface area contributed by atoms with Gasteiger partial charge in [-0.1, -0.05) is 36.8 Å². The lowest BCUT2D eigenvalue weighted by molar-refractivity contribution is -0.132. The SMILES string of the molecule is Cc1ccc2c(c1)CCC1C2CC[C@]2(C)C(=O)C(CCC(=O)NCc3ccccn3)CC12. The van der Waals surface area contributed by atoms with E-state index in [9.17, 15) is 9.59 Å². The zero-order chi connectivity index (χ0) is 22.3. The first kappa shape index (κ1) is 21.4. The first-order valence-corrected chi connectivity index (χ1v) is 12.3. The molecule has 168 valence electrons. The minimum absolute atomic E-state index is 0.0170. The lowest BCUT2D eigenvalue weighted by Gasteiger charge is -2.48. The van der Waals surface area contributed by atoms with Crippen molar-refractivity contribution in [1.82, 2.24) is 10.3 Å². The highest BCUT2D eigenvalue weighted by Gasteiger charge is 2.57. The summed E-state index contributed by atoms with van der Waals surface area (Å²) in [7, 11) is 0. The fourth-order valence-electron chi connectivity index (χ4n) is 6.99. The van der Waals surface area contributed by atoms with Crippen LogP contribution in [0.25, 0.3) is 0 Å². The van der Waals surface area contributed by atoms with E-state index in [1.807, 2.05) is 18.2 Å². The summed E-state index contributed by atoms with van der Waals surface area (Å²) >= 11 is 0. The number of aryl methyl sites for hydroxylation is 2. The molecule has 1 heterocycles. The van der Waals surface area contributed by atoms with E-state index in [0.717, 1.165) is 31.4 Å². The Labute approximate surface area is 191 Å². The average molecular weight is 431 g/mol. The Hall–Kier alpha value is -2.49. The number of hydrogen-bond acceptors (Lipinski definition) is 3. The van der Waals surface area contributed by atoms with Crippen molar-refractivity contribution in [2.45, 2.75) is 71.3 Å². The normalized spacial score (nSPS) is 30.9. The van der Waals surface area contributed by atoms with Gasteiger partial charge in [-0.15, -0.1) is 0 Å². The predicted molar refractivity (Wildman–Crippen MR) is 125 cm³/mol. The maximum absolute atomic E-state index is 13.5. The van der Waals surface area contributed by atoms with Crippen molar-refractivity contribution in [2.24, 2.45) is 23.2 Å². The van der Waals surface area contributed by atoms with E-state index in [0.29, 0.717) is 42.9 Å². The molecule has 4 heteroatoms. The minimum Gasteiger partial charge on any atom is -0.350 e. The third-order valence-corrected chi connectivity index (χ3v) is 8.66. The van der Waals surface area contributed by atoms with Gasteiger partial charge in [-0.05, 0) is 86.5 Å². The number of pyridine rings is 1. The molecule has 32 heavy (non-hydrogen) atoms. The third-order valence-electron chi connectivity index (χ3n) is 8.66. The largest absolute Gasteiger partial charge is 0.350 e. The zero-order valence-electron chi connectivity index (χ0n) is 19.3. The van der Waals surface area contributed by atoms with Crippen LogP contribution < -0.4 is 5.32 Å². The van der Waals surface area contributed by atoms with Crippen molar-refractivity contribution in [1.29, 1.82) is 0 Å².